The summed E-state index contributed by atoms with van der Waals surface area (Å²) in [5.41, 5.74) is 1.41. The van der Waals surface area contributed by atoms with Crippen LogP contribution in [0.2, 0.25) is 0 Å². The first kappa shape index (κ1) is 12.4. The van der Waals surface area contributed by atoms with Crippen LogP contribution in [0.25, 0.3) is 0 Å². The zero-order valence-corrected chi connectivity index (χ0v) is 9.36. The van der Waals surface area contributed by atoms with Gasteiger partial charge in [-0.25, -0.2) is 0 Å². The van der Waals surface area contributed by atoms with Crippen molar-refractivity contribution in [3.8, 4) is 0 Å². The second kappa shape index (κ2) is 5.42. The molecule has 1 rings (SSSR count). The van der Waals surface area contributed by atoms with Gasteiger partial charge in [-0.3, -0.25) is 9.59 Å². The van der Waals surface area contributed by atoms with Crippen LogP contribution in [0, 0.1) is 6.92 Å². The zero-order valence-electron chi connectivity index (χ0n) is 9.36. The molecule has 0 aliphatic rings. The van der Waals surface area contributed by atoms with Crippen LogP contribution >= 0.6 is 0 Å². The van der Waals surface area contributed by atoms with Crippen LogP contribution < -0.4 is 5.32 Å². The normalized spacial score (nSPS) is 11.9. The van der Waals surface area contributed by atoms with Gasteiger partial charge in [-0.15, -0.1) is 0 Å². The molecule has 86 valence electrons. The summed E-state index contributed by atoms with van der Waals surface area (Å²) in [5, 5.41) is 11.7. The van der Waals surface area contributed by atoms with Gasteiger partial charge in [-0.05, 0) is 6.92 Å². The van der Waals surface area contributed by atoms with Crippen molar-refractivity contribution in [3.63, 3.8) is 0 Å². The Morgan fingerprint density at radius 2 is 1.88 bits per heavy atom. The number of ketones is 1. The van der Waals surface area contributed by atoms with Crippen molar-refractivity contribution in [1.82, 2.24) is 5.32 Å². The van der Waals surface area contributed by atoms with E-state index in [0.717, 1.165) is 5.56 Å². The molecule has 0 aliphatic heterocycles. The lowest BCUT2D eigenvalue weighted by Crippen LogP contribution is -2.40. The minimum Gasteiger partial charge on any atom is -0.367 e. The number of hydrogen-bond acceptors (Lipinski definition) is 3. The highest BCUT2D eigenvalue weighted by molar-refractivity contribution is 6.00. The van der Waals surface area contributed by atoms with E-state index in [4.69, 9.17) is 0 Å². The van der Waals surface area contributed by atoms with Gasteiger partial charge in [-0.2, -0.15) is 0 Å². The number of Topliss-reactive ketones (excluding diaryl/α,β-unsaturated/α-hetero) is 1. The Bertz CT molecular complexity index is 384. The maximum atomic E-state index is 11.6. The summed E-state index contributed by atoms with van der Waals surface area (Å²) in [4.78, 5) is 22.6. The molecule has 4 heteroatoms. The largest absolute Gasteiger partial charge is 0.367 e. The number of aryl methyl sites for hydroxylation is 1. The summed E-state index contributed by atoms with van der Waals surface area (Å²) in [6.45, 7) is 3.56. The molecule has 16 heavy (non-hydrogen) atoms. The topological polar surface area (TPSA) is 66.4 Å². The molecule has 0 unspecified atom stereocenters. The van der Waals surface area contributed by atoms with E-state index in [2.05, 4.69) is 5.32 Å². The van der Waals surface area contributed by atoms with Gasteiger partial charge in [0.1, 0.15) is 0 Å². The smallest absolute Gasteiger partial charge is 0.222 e. The molecule has 1 atom stereocenters. The molecule has 0 heterocycles. The first-order valence-electron chi connectivity index (χ1n) is 5.13. The third-order valence-electron chi connectivity index (χ3n) is 2.20. The average Bonchev–Trinajstić information content (AvgIpc) is 2.28. The fraction of sp³-hybridized carbons (Fsp3) is 0.333. The lowest BCUT2D eigenvalue weighted by Gasteiger charge is -2.11. The van der Waals surface area contributed by atoms with E-state index in [-0.39, 0.29) is 12.3 Å². The number of carbonyl (C=O) groups is 2. The fourth-order valence-electron chi connectivity index (χ4n) is 1.20. The minimum atomic E-state index is -1.46. The first-order chi connectivity index (χ1) is 7.54. The molecular formula is C12H15NO3. The van der Waals surface area contributed by atoms with Crippen LogP contribution in [0.3, 0.4) is 0 Å². The van der Waals surface area contributed by atoms with E-state index in [0.29, 0.717) is 5.56 Å². The van der Waals surface area contributed by atoms with Crippen LogP contribution in [-0.2, 0) is 4.79 Å². The monoisotopic (exact) mass is 221 g/mol. The predicted molar refractivity (Wildman–Crippen MR) is 60.0 cm³/mol. The molecule has 4 nitrogen and oxygen atoms in total. The van der Waals surface area contributed by atoms with Crippen LogP contribution in [0.1, 0.15) is 29.3 Å². The molecule has 2 N–H and O–H groups in total. The highest BCUT2D eigenvalue weighted by Gasteiger charge is 2.18. The number of carbonyl (C=O) groups excluding carboxylic acids is 2. The Labute approximate surface area is 94.3 Å². The van der Waals surface area contributed by atoms with Gasteiger partial charge in [0.25, 0.3) is 0 Å². The molecule has 0 aliphatic carbocycles. The molecule has 1 aromatic rings. The summed E-state index contributed by atoms with van der Waals surface area (Å²) in [6, 6.07) is 6.81. The van der Waals surface area contributed by atoms with E-state index in [1.807, 2.05) is 6.92 Å². The van der Waals surface area contributed by atoms with Crippen molar-refractivity contribution in [1.29, 1.82) is 0 Å². The zero-order chi connectivity index (χ0) is 12.1. The van der Waals surface area contributed by atoms with Gasteiger partial charge in [0.2, 0.25) is 11.7 Å². The SMILES string of the molecule is CCC(=O)N[C@@H](O)C(=O)c1ccc(C)cc1. The standard InChI is InChI=1S/C12H15NO3/c1-3-10(14)13-12(16)11(15)9-6-4-8(2)5-7-9/h4-7,12,16H,3H2,1-2H3,(H,13,14)/t12-/m0/s1. The van der Waals surface area contributed by atoms with Crippen molar-refractivity contribution >= 4 is 11.7 Å². The molecule has 0 radical (unpaired) electrons. The van der Waals surface area contributed by atoms with Gasteiger partial charge in [-0.1, -0.05) is 36.8 Å². The number of amides is 1. The van der Waals surface area contributed by atoms with E-state index in [1.165, 1.54) is 0 Å². The van der Waals surface area contributed by atoms with Crippen LogP contribution in [0.4, 0.5) is 0 Å². The molecule has 1 amide bonds. The molecule has 0 aromatic heterocycles. The van der Waals surface area contributed by atoms with Crippen molar-refractivity contribution < 1.29 is 14.7 Å². The van der Waals surface area contributed by atoms with Crippen LogP contribution in [-0.4, -0.2) is 23.0 Å². The van der Waals surface area contributed by atoms with Gasteiger partial charge in [0.05, 0.1) is 0 Å². The molecule has 0 spiro atoms. The predicted octanol–water partition coefficient (Wildman–Crippen LogP) is 1.02. The molecule has 0 fully saturated rings. The quantitative estimate of drug-likeness (QED) is 0.589. The molecular weight excluding hydrogens is 206 g/mol. The number of benzene rings is 1. The van der Waals surface area contributed by atoms with Gasteiger partial charge < -0.3 is 10.4 Å². The highest BCUT2D eigenvalue weighted by Crippen LogP contribution is 2.05. The third-order valence-corrected chi connectivity index (χ3v) is 2.20. The van der Waals surface area contributed by atoms with Crippen molar-refractivity contribution in [2.24, 2.45) is 0 Å². The van der Waals surface area contributed by atoms with E-state index >= 15 is 0 Å². The highest BCUT2D eigenvalue weighted by atomic mass is 16.3. The number of aliphatic hydroxyl groups excluding tert-OH is 1. The number of hydrogen-bond donors (Lipinski definition) is 2. The van der Waals surface area contributed by atoms with Crippen molar-refractivity contribution in [2.75, 3.05) is 0 Å². The number of nitrogens with one attached hydrogen (secondary N) is 1. The summed E-state index contributed by atoms with van der Waals surface area (Å²) in [5.74, 6) is -0.852. The van der Waals surface area contributed by atoms with Crippen molar-refractivity contribution in [2.45, 2.75) is 26.5 Å². The van der Waals surface area contributed by atoms with Gasteiger partial charge in [0.15, 0.2) is 6.23 Å². The van der Waals surface area contributed by atoms with Crippen molar-refractivity contribution in [3.05, 3.63) is 35.4 Å². The Morgan fingerprint density at radius 1 is 1.31 bits per heavy atom. The lowest BCUT2D eigenvalue weighted by atomic mass is 10.1. The van der Waals surface area contributed by atoms with E-state index < -0.39 is 12.0 Å². The summed E-state index contributed by atoms with van der Waals surface area (Å²) in [6.07, 6.45) is -1.23. The maximum Gasteiger partial charge on any atom is 0.222 e. The number of aliphatic hydroxyl groups is 1. The first-order valence-corrected chi connectivity index (χ1v) is 5.13. The Balaban J connectivity index is 2.70. The van der Waals surface area contributed by atoms with Gasteiger partial charge >= 0.3 is 0 Å². The summed E-state index contributed by atoms with van der Waals surface area (Å²) < 4.78 is 0. The Kier molecular flexibility index (Phi) is 4.19. The molecule has 0 bridgehead atoms. The lowest BCUT2D eigenvalue weighted by molar-refractivity contribution is -0.123. The van der Waals surface area contributed by atoms with E-state index in [9.17, 15) is 14.7 Å². The minimum absolute atomic E-state index is 0.234. The fourth-order valence-corrected chi connectivity index (χ4v) is 1.20. The van der Waals surface area contributed by atoms with E-state index in [1.54, 1.807) is 31.2 Å². The number of rotatable bonds is 4. The summed E-state index contributed by atoms with van der Waals surface area (Å²) >= 11 is 0. The Hall–Kier alpha value is -1.68. The third kappa shape index (κ3) is 3.17. The summed E-state index contributed by atoms with van der Waals surface area (Å²) in [7, 11) is 0. The Morgan fingerprint density at radius 3 is 2.38 bits per heavy atom. The molecule has 1 aromatic carbocycles. The average molecular weight is 221 g/mol. The van der Waals surface area contributed by atoms with Crippen LogP contribution in [0.5, 0.6) is 0 Å². The molecule has 0 saturated carbocycles. The second-order valence-electron chi connectivity index (χ2n) is 3.55. The second-order valence-corrected chi connectivity index (χ2v) is 3.55. The molecule has 0 saturated heterocycles. The maximum absolute atomic E-state index is 11.6. The van der Waals surface area contributed by atoms with Crippen LogP contribution in [0.15, 0.2) is 24.3 Å². The van der Waals surface area contributed by atoms with Gasteiger partial charge in [0, 0.05) is 12.0 Å².